The molecule has 0 saturated heterocycles. The molecule has 0 aromatic heterocycles. The zero-order valence-electron chi connectivity index (χ0n) is 10.3. The SMILES string of the molecule is COc1ccc(C(=O)Oc2cccccc2=O)cc1. The zero-order chi connectivity index (χ0) is 13.7. The highest BCUT2D eigenvalue weighted by atomic mass is 16.5. The molecule has 2 rings (SSSR count). The zero-order valence-corrected chi connectivity index (χ0v) is 10.3. The Morgan fingerprint density at radius 1 is 0.947 bits per heavy atom. The Hall–Kier alpha value is -2.62. The highest BCUT2D eigenvalue weighted by Gasteiger charge is 2.09. The Bertz CT molecular complexity index is 632. The standard InChI is InChI=1S/C15H12O4/c1-18-12-9-7-11(8-10-12)15(17)19-14-6-4-2-3-5-13(14)16/h2-10H,1H3. The molecule has 4 heteroatoms. The number of ether oxygens (including phenoxy) is 2. The second-order valence-electron chi connectivity index (χ2n) is 3.76. The van der Waals surface area contributed by atoms with E-state index in [0.29, 0.717) is 11.3 Å². The molecule has 0 aliphatic carbocycles. The van der Waals surface area contributed by atoms with Gasteiger partial charge in [-0.1, -0.05) is 18.2 Å². The molecular weight excluding hydrogens is 244 g/mol. The lowest BCUT2D eigenvalue weighted by Crippen LogP contribution is -2.13. The Morgan fingerprint density at radius 2 is 1.63 bits per heavy atom. The molecule has 0 atom stereocenters. The van der Waals surface area contributed by atoms with Crippen LogP contribution in [-0.4, -0.2) is 13.1 Å². The first-order valence-electron chi connectivity index (χ1n) is 5.66. The van der Waals surface area contributed by atoms with Gasteiger partial charge in [0, 0.05) is 0 Å². The van der Waals surface area contributed by atoms with Crippen molar-refractivity contribution in [3.8, 4) is 11.5 Å². The van der Waals surface area contributed by atoms with Gasteiger partial charge in [0.15, 0.2) is 5.75 Å². The summed E-state index contributed by atoms with van der Waals surface area (Å²) >= 11 is 0. The minimum Gasteiger partial charge on any atom is -0.497 e. The first-order chi connectivity index (χ1) is 9.20. The number of carbonyl (C=O) groups excluding carboxylic acids is 1. The molecule has 0 aliphatic rings. The van der Waals surface area contributed by atoms with Crippen LogP contribution in [0, 0.1) is 0 Å². The smallest absolute Gasteiger partial charge is 0.343 e. The molecule has 0 aliphatic heterocycles. The average Bonchev–Trinajstić information content (AvgIpc) is 2.64. The molecule has 0 fully saturated rings. The molecule has 2 aromatic rings. The molecule has 0 unspecified atom stereocenters. The summed E-state index contributed by atoms with van der Waals surface area (Å²) in [6, 6.07) is 14.2. The van der Waals surface area contributed by atoms with E-state index in [1.165, 1.54) is 12.1 Å². The maximum atomic E-state index is 11.9. The van der Waals surface area contributed by atoms with Gasteiger partial charge in [-0.3, -0.25) is 4.79 Å². The van der Waals surface area contributed by atoms with E-state index in [2.05, 4.69) is 0 Å². The summed E-state index contributed by atoms with van der Waals surface area (Å²) in [6.07, 6.45) is 0. The predicted molar refractivity (Wildman–Crippen MR) is 70.7 cm³/mol. The summed E-state index contributed by atoms with van der Waals surface area (Å²) in [7, 11) is 1.54. The van der Waals surface area contributed by atoms with Gasteiger partial charge in [-0.2, -0.15) is 0 Å². The van der Waals surface area contributed by atoms with Crippen LogP contribution in [0.1, 0.15) is 10.4 Å². The van der Waals surface area contributed by atoms with Crippen molar-refractivity contribution < 1.29 is 14.3 Å². The van der Waals surface area contributed by atoms with E-state index in [0.717, 1.165) is 0 Å². The Morgan fingerprint density at radius 3 is 2.32 bits per heavy atom. The van der Waals surface area contributed by atoms with Gasteiger partial charge < -0.3 is 9.47 Å². The number of rotatable bonds is 3. The maximum absolute atomic E-state index is 11.9. The number of esters is 1. The number of benzene rings is 1. The molecule has 0 bridgehead atoms. The summed E-state index contributed by atoms with van der Waals surface area (Å²) in [5.41, 5.74) is 0.0126. The number of hydrogen-bond donors (Lipinski definition) is 0. The lowest BCUT2D eigenvalue weighted by Gasteiger charge is -2.03. The van der Waals surface area contributed by atoms with E-state index in [1.54, 1.807) is 49.6 Å². The fraction of sp³-hybridized carbons (Fsp3) is 0.0667. The van der Waals surface area contributed by atoms with Crippen LogP contribution >= 0.6 is 0 Å². The van der Waals surface area contributed by atoms with Gasteiger partial charge in [-0.25, -0.2) is 4.79 Å². The first kappa shape index (κ1) is 12.8. The molecule has 0 heterocycles. The molecule has 0 spiro atoms. The monoisotopic (exact) mass is 256 g/mol. The molecular formula is C15H12O4. The van der Waals surface area contributed by atoms with Crippen molar-refractivity contribution in [3.63, 3.8) is 0 Å². The quantitative estimate of drug-likeness (QED) is 0.790. The van der Waals surface area contributed by atoms with Crippen molar-refractivity contribution in [2.24, 2.45) is 0 Å². The van der Waals surface area contributed by atoms with Crippen molar-refractivity contribution >= 4 is 5.97 Å². The third-order valence-corrected chi connectivity index (χ3v) is 2.49. The number of hydrogen-bond acceptors (Lipinski definition) is 4. The fourth-order valence-corrected chi connectivity index (χ4v) is 1.48. The highest BCUT2D eigenvalue weighted by Crippen LogP contribution is 2.13. The second kappa shape index (κ2) is 5.82. The lowest BCUT2D eigenvalue weighted by molar-refractivity contribution is 0.0733. The fourth-order valence-electron chi connectivity index (χ4n) is 1.48. The third-order valence-electron chi connectivity index (χ3n) is 2.49. The van der Waals surface area contributed by atoms with Gasteiger partial charge in [-0.05, 0) is 36.4 Å². The Kier molecular flexibility index (Phi) is 3.93. The van der Waals surface area contributed by atoms with Crippen LogP contribution in [0.5, 0.6) is 11.5 Å². The predicted octanol–water partition coefficient (Wildman–Crippen LogP) is 2.27. The van der Waals surface area contributed by atoms with Crippen LogP contribution in [0.4, 0.5) is 0 Å². The van der Waals surface area contributed by atoms with Gasteiger partial charge in [0.2, 0.25) is 5.43 Å². The Labute approximate surface area is 110 Å². The van der Waals surface area contributed by atoms with E-state index in [4.69, 9.17) is 9.47 Å². The van der Waals surface area contributed by atoms with E-state index in [-0.39, 0.29) is 11.2 Å². The van der Waals surface area contributed by atoms with Crippen LogP contribution in [0.2, 0.25) is 0 Å². The average molecular weight is 256 g/mol. The van der Waals surface area contributed by atoms with Crippen molar-refractivity contribution in [2.75, 3.05) is 7.11 Å². The molecule has 2 aromatic carbocycles. The summed E-state index contributed by atoms with van der Waals surface area (Å²) in [5, 5.41) is 0. The van der Waals surface area contributed by atoms with Gasteiger partial charge in [0.1, 0.15) is 5.75 Å². The second-order valence-corrected chi connectivity index (χ2v) is 3.76. The van der Waals surface area contributed by atoms with Crippen LogP contribution in [-0.2, 0) is 0 Å². The summed E-state index contributed by atoms with van der Waals surface area (Å²) < 4.78 is 10.1. The van der Waals surface area contributed by atoms with Crippen molar-refractivity contribution in [1.29, 1.82) is 0 Å². The summed E-state index contributed by atoms with van der Waals surface area (Å²) in [6.45, 7) is 0. The van der Waals surface area contributed by atoms with Gasteiger partial charge in [0.25, 0.3) is 0 Å². The lowest BCUT2D eigenvalue weighted by atomic mass is 10.2. The summed E-state index contributed by atoms with van der Waals surface area (Å²) in [5.74, 6) is 0.0731. The molecule has 19 heavy (non-hydrogen) atoms. The summed E-state index contributed by atoms with van der Waals surface area (Å²) in [4.78, 5) is 23.5. The normalized spacial score (nSPS) is 9.74. The van der Waals surface area contributed by atoms with E-state index in [9.17, 15) is 9.59 Å². The van der Waals surface area contributed by atoms with E-state index >= 15 is 0 Å². The van der Waals surface area contributed by atoms with Gasteiger partial charge in [-0.15, -0.1) is 0 Å². The van der Waals surface area contributed by atoms with Crippen LogP contribution < -0.4 is 14.9 Å². The largest absolute Gasteiger partial charge is 0.497 e. The van der Waals surface area contributed by atoms with Crippen molar-refractivity contribution in [2.45, 2.75) is 0 Å². The van der Waals surface area contributed by atoms with Crippen LogP contribution in [0.25, 0.3) is 0 Å². The van der Waals surface area contributed by atoms with Crippen molar-refractivity contribution in [1.82, 2.24) is 0 Å². The Balaban J connectivity index is 2.21. The molecule has 0 saturated carbocycles. The molecule has 96 valence electrons. The van der Waals surface area contributed by atoms with Crippen molar-refractivity contribution in [3.05, 3.63) is 70.4 Å². The molecule has 0 radical (unpaired) electrons. The minimum absolute atomic E-state index is 0.00539. The van der Waals surface area contributed by atoms with Gasteiger partial charge in [0.05, 0.1) is 12.7 Å². The molecule has 0 amide bonds. The number of carbonyl (C=O) groups is 1. The third kappa shape index (κ3) is 3.19. The molecule has 4 nitrogen and oxygen atoms in total. The number of methoxy groups -OCH3 is 1. The maximum Gasteiger partial charge on any atom is 0.343 e. The van der Waals surface area contributed by atoms with Crippen LogP contribution in [0.15, 0.2) is 59.4 Å². The van der Waals surface area contributed by atoms with Crippen LogP contribution in [0.3, 0.4) is 0 Å². The highest BCUT2D eigenvalue weighted by molar-refractivity contribution is 5.91. The topological polar surface area (TPSA) is 52.6 Å². The van der Waals surface area contributed by atoms with E-state index in [1.807, 2.05) is 0 Å². The minimum atomic E-state index is -0.578. The van der Waals surface area contributed by atoms with E-state index < -0.39 is 5.97 Å². The molecule has 0 N–H and O–H groups in total. The van der Waals surface area contributed by atoms with Gasteiger partial charge >= 0.3 is 5.97 Å². The first-order valence-corrected chi connectivity index (χ1v) is 5.66.